The Morgan fingerprint density at radius 2 is 2.17 bits per heavy atom. The number of rotatable bonds is 5. The lowest BCUT2D eigenvalue weighted by Crippen LogP contribution is -2.41. The number of hydrogen-bond acceptors (Lipinski definition) is 2. The summed E-state index contributed by atoms with van der Waals surface area (Å²) >= 11 is 0. The predicted molar refractivity (Wildman–Crippen MR) is 73.3 cm³/mol. The van der Waals surface area contributed by atoms with Crippen molar-refractivity contribution in [2.45, 2.75) is 71.3 Å². The highest BCUT2D eigenvalue weighted by molar-refractivity contribution is 5.48. The summed E-state index contributed by atoms with van der Waals surface area (Å²) in [6.07, 6.45) is 9.86. The molecule has 0 bridgehead atoms. The van der Waals surface area contributed by atoms with Gasteiger partial charge in [-0.3, -0.25) is 0 Å². The maximum absolute atomic E-state index is 10.4. The Bertz CT molecular complexity index is 289. The molecular weight excluding hydrogens is 224 g/mol. The molecule has 0 amide bonds. The molecule has 0 spiro atoms. The molecule has 0 heterocycles. The molecule has 2 rings (SSSR count). The van der Waals surface area contributed by atoms with Crippen molar-refractivity contribution in [1.29, 1.82) is 0 Å². The van der Waals surface area contributed by atoms with E-state index in [2.05, 4.69) is 13.8 Å². The van der Waals surface area contributed by atoms with Crippen molar-refractivity contribution in [2.24, 2.45) is 23.2 Å². The summed E-state index contributed by atoms with van der Waals surface area (Å²) in [5, 5.41) is 10.2. The van der Waals surface area contributed by atoms with Crippen LogP contribution in [0.3, 0.4) is 0 Å². The monoisotopic (exact) mass is 252 g/mol. The molecule has 0 radical (unpaired) electrons. The fraction of sp³-hybridized carbons (Fsp3) is 0.938. The quantitative estimate of drug-likeness (QED) is 0.600. The van der Waals surface area contributed by atoms with Gasteiger partial charge in [0.25, 0.3) is 0 Å². The van der Waals surface area contributed by atoms with Crippen LogP contribution in [0.4, 0.5) is 0 Å². The largest absolute Gasteiger partial charge is 0.393 e. The molecular formula is C16H28O2. The van der Waals surface area contributed by atoms with Crippen LogP contribution in [-0.2, 0) is 4.79 Å². The second kappa shape index (κ2) is 5.73. The lowest BCUT2D eigenvalue weighted by molar-refractivity contribution is -0.108. The third kappa shape index (κ3) is 2.49. The van der Waals surface area contributed by atoms with Crippen LogP contribution in [0, 0.1) is 23.2 Å². The molecule has 2 aliphatic carbocycles. The maximum atomic E-state index is 10.4. The lowest BCUT2D eigenvalue weighted by atomic mass is 9.61. The van der Waals surface area contributed by atoms with Crippen molar-refractivity contribution in [3.8, 4) is 0 Å². The van der Waals surface area contributed by atoms with Gasteiger partial charge in [0.05, 0.1) is 6.10 Å². The van der Waals surface area contributed by atoms with Gasteiger partial charge in [0.1, 0.15) is 6.29 Å². The molecule has 0 aromatic heterocycles. The van der Waals surface area contributed by atoms with Gasteiger partial charge >= 0.3 is 0 Å². The van der Waals surface area contributed by atoms with Gasteiger partial charge in [-0.15, -0.1) is 0 Å². The SMILES string of the molecule is C[C@H](CCCC=O)C1CC[C@H]2[C@@H](O)CCC[C@]12C. The van der Waals surface area contributed by atoms with E-state index in [0.29, 0.717) is 23.7 Å². The summed E-state index contributed by atoms with van der Waals surface area (Å²) in [6.45, 7) is 4.76. The molecule has 2 saturated carbocycles. The van der Waals surface area contributed by atoms with Crippen LogP contribution in [0.5, 0.6) is 0 Å². The first kappa shape index (κ1) is 14.0. The molecule has 104 valence electrons. The molecule has 0 aromatic carbocycles. The Kier molecular flexibility index (Phi) is 4.47. The zero-order valence-electron chi connectivity index (χ0n) is 11.9. The average Bonchev–Trinajstić information content (AvgIpc) is 2.68. The third-order valence-corrected chi connectivity index (χ3v) is 5.83. The highest BCUT2D eigenvalue weighted by Gasteiger charge is 2.51. The van der Waals surface area contributed by atoms with Crippen LogP contribution in [-0.4, -0.2) is 17.5 Å². The van der Waals surface area contributed by atoms with Gasteiger partial charge in [0.2, 0.25) is 0 Å². The molecule has 0 saturated heterocycles. The molecule has 5 atom stereocenters. The average molecular weight is 252 g/mol. The maximum Gasteiger partial charge on any atom is 0.119 e. The Hall–Kier alpha value is -0.370. The number of carbonyl (C=O) groups is 1. The standard InChI is InChI=1S/C16H28O2/c1-12(6-3-4-11-17)13-8-9-14-15(18)7-5-10-16(13,14)2/h11-15,18H,3-10H2,1-2H3/t12-,13?,14+,15+,16-/m1/s1. The van der Waals surface area contributed by atoms with Gasteiger partial charge < -0.3 is 9.90 Å². The van der Waals surface area contributed by atoms with Crippen molar-refractivity contribution in [3.05, 3.63) is 0 Å². The number of unbranched alkanes of at least 4 members (excludes halogenated alkanes) is 1. The highest BCUT2D eigenvalue weighted by atomic mass is 16.3. The van der Waals surface area contributed by atoms with E-state index in [-0.39, 0.29) is 6.10 Å². The van der Waals surface area contributed by atoms with Crippen LogP contribution in [0.1, 0.15) is 65.2 Å². The number of aldehydes is 1. The first-order chi connectivity index (χ1) is 8.59. The van der Waals surface area contributed by atoms with Gasteiger partial charge in [-0.2, -0.15) is 0 Å². The van der Waals surface area contributed by atoms with E-state index in [1.165, 1.54) is 32.1 Å². The number of aliphatic hydroxyl groups is 1. The minimum absolute atomic E-state index is 0.0593. The summed E-state index contributed by atoms with van der Waals surface area (Å²) in [4.78, 5) is 10.4. The molecule has 18 heavy (non-hydrogen) atoms. The van der Waals surface area contributed by atoms with Crippen molar-refractivity contribution >= 4 is 6.29 Å². The lowest BCUT2D eigenvalue weighted by Gasteiger charge is -2.45. The van der Waals surface area contributed by atoms with Gasteiger partial charge in [-0.25, -0.2) is 0 Å². The molecule has 2 fully saturated rings. The Morgan fingerprint density at radius 1 is 1.39 bits per heavy atom. The first-order valence-corrected chi connectivity index (χ1v) is 7.71. The fourth-order valence-corrected chi connectivity index (χ4v) is 4.85. The van der Waals surface area contributed by atoms with Crippen LogP contribution in [0.25, 0.3) is 0 Å². The normalized spacial score (nSPS) is 41.4. The van der Waals surface area contributed by atoms with Crippen molar-refractivity contribution in [3.63, 3.8) is 0 Å². The van der Waals surface area contributed by atoms with E-state index in [1.807, 2.05) is 0 Å². The predicted octanol–water partition coefficient (Wildman–Crippen LogP) is 3.57. The minimum Gasteiger partial charge on any atom is -0.393 e. The van der Waals surface area contributed by atoms with Crippen LogP contribution >= 0.6 is 0 Å². The Balaban J connectivity index is 1.98. The topological polar surface area (TPSA) is 37.3 Å². The van der Waals surface area contributed by atoms with E-state index in [1.54, 1.807) is 0 Å². The number of carbonyl (C=O) groups excluding carboxylic acids is 1. The smallest absolute Gasteiger partial charge is 0.119 e. The van der Waals surface area contributed by atoms with E-state index in [0.717, 1.165) is 25.0 Å². The summed E-state index contributed by atoms with van der Waals surface area (Å²) in [7, 11) is 0. The second-order valence-electron chi connectivity index (χ2n) is 6.83. The molecule has 2 aliphatic rings. The Morgan fingerprint density at radius 3 is 2.89 bits per heavy atom. The zero-order valence-corrected chi connectivity index (χ0v) is 11.9. The number of aliphatic hydroxyl groups excluding tert-OH is 1. The van der Waals surface area contributed by atoms with Crippen molar-refractivity contribution < 1.29 is 9.90 Å². The van der Waals surface area contributed by atoms with Crippen molar-refractivity contribution in [2.75, 3.05) is 0 Å². The van der Waals surface area contributed by atoms with Gasteiger partial charge in [-0.1, -0.05) is 26.7 Å². The Labute approximate surface area is 111 Å². The first-order valence-electron chi connectivity index (χ1n) is 7.71. The number of fused-ring (bicyclic) bond motifs is 1. The van der Waals surface area contributed by atoms with Gasteiger partial charge in [-0.05, 0) is 55.3 Å². The summed E-state index contributed by atoms with van der Waals surface area (Å²) in [5.41, 5.74) is 0.359. The molecule has 2 nitrogen and oxygen atoms in total. The summed E-state index contributed by atoms with van der Waals surface area (Å²) in [6, 6.07) is 0. The van der Waals surface area contributed by atoms with E-state index in [9.17, 15) is 9.90 Å². The van der Waals surface area contributed by atoms with Crippen LogP contribution in [0.2, 0.25) is 0 Å². The fourth-order valence-electron chi connectivity index (χ4n) is 4.85. The van der Waals surface area contributed by atoms with E-state index in [4.69, 9.17) is 0 Å². The van der Waals surface area contributed by atoms with Crippen LogP contribution in [0.15, 0.2) is 0 Å². The van der Waals surface area contributed by atoms with Crippen LogP contribution < -0.4 is 0 Å². The highest BCUT2D eigenvalue weighted by Crippen LogP contribution is 2.58. The van der Waals surface area contributed by atoms with Gasteiger partial charge in [0, 0.05) is 6.42 Å². The summed E-state index contributed by atoms with van der Waals surface area (Å²) in [5.74, 6) is 1.99. The molecule has 0 aliphatic heterocycles. The molecule has 2 heteroatoms. The van der Waals surface area contributed by atoms with Gasteiger partial charge in [0.15, 0.2) is 0 Å². The second-order valence-corrected chi connectivity index (χ2v) is 6.83. The summed E-state index contributed by atoms with van der Waals surface area (Å²) < 4.78 is 0. The number of hydrogen-bond donors (Lipinski definition) is 1. The minimum atomic E-state index is -0.0593. The zero-order chi connectivity index (χ0) is 13.2. The molecule has 1 N–H and O–H groups in total. The van der Waals surface area contributed by atoms with E-state index < -0.39 is 0 Å². The molecule has 0 aromatic rings. The third-order valence-electron chi connectivity index (χ3n) is 5.83. The van der Waals surface area contributed by atoms with Crippen molar-refractivity contribution in [1.82, 2.24) is 0 Å². The molecule has 1 unspecified atom stereocenters. The van der Waals surface area contributed by atoms with E-state index >= 15 is 0 Å².